The van der Waals surface area contributed by atoms with Crippen LogP contribution >= 0.6 is 0 Å². The van der Waals surface area contributed by atoms with Crippen molar-refractivity contribution in [1.82, 2.24) is 4.90 Å². The van der Waals surface area contributed by atoms with Gasteiger partial charge in [0.05, 0.1) is 5.56 Å². The van der Waals surface area contributed by atoms with E-state index in [0.717, 1.165) is 6.07 Å². The minimum atomic E-state index is -4.78. The molecule has 3 nitrogen and oxygen atoms in total. The third kappa shape index (κ3) is 3.47. The molecule has 112 valence electrons. The molecule has 20 heavy (non-hydrogen) atoms. The lowest BCUT2D eigenvalue weighted by Crippen LogP contribution is -2.47. The summed E-state index contributed by atoms with van der Waals surface area (Å²) in [5.74, 6) is -2.44. The first kappa shape index (κ1) is 16.4. The van der Waals surface area contributed by atoms with Crippen molar-refractivity contribution in [3.8, 4) is 0 Å². The van der Waals surface area contributed by atoms with Gasteiger partial charge < -0.3 is 5.11 Å². The number of alkyl halides is 3. The number of likely N-dealkylation sites (N-methyl/N-ethyl adjacent to an activating group) is 1. The van der Waals surface area contributed by atoms with Gasteiger partial charge in [-0.15, -0.1) is 0 Å². The summed E-state index contributed by atoms with van der Waals surface area (Å²) in [6.45, 7) is 2.83. The van der Waals surface area contributed by atoms with Crippen LogP contribution in [0.5, 0.6) is 0 Å². The summed E-state index contributed by atoms with van der Waals surface area (Å²) in [4.78, 5) is 12.4. The second-order valence-electron chi connectivity index (χ2n) is 5.03. The Hall–Kier alpha value is -1.63. The van der Waals surface area contributed by atoms with E-state index < -0.39 is 29.1 Å². The number of aliphatic carboxylic acids is 1. The SMILES string of the molecule is CN(Cc1ccc(F)c(C(F)(F)F)c1)C(C)(C)C(=O)O. The summed E-state index contributed by atoms with van der Waals surface area (Å²) in [7, 11) is 1.48. The molecule has 0 bridgehead atoms. The van der Waals surface area contributed by atoms with Crippen LogP contribution in [0.1, 0.15) is 25.0 Å². The number of rotatable bonds is 4. The summed E-state index contributed by atoms with van der Waals surface area (Å²) in [6, 6.07) is 2.64. The van der Waals surface area contributed by atoms with Crippen molar-refractivity contribution in [2.45, 2.75) is 32.1 Å². The van der Waals surface area contributed by atoms with Gasteiger partial charge in [0.25, 0.3) is 0 Å². The second kappa shape index (κ2) is 5.40. The van der Waals surface area contributed by atoms with Gasteiger partial charge in [-0.25, -0.2) is 4.39 Å². The van der Waals surface area contributed by atoms with Crippen LogP contribution < -0.4 is 0 Å². The maximum absolute atomic E-state index is 13.1. The Labute approximate surface area is 113 Å². The molecule has 1 aromatic carbocycles. The summed E-state index contributed by atoms with van der Waals surface area (Å²) >= 11 is 0. The highest BCUT2D eigenvalue weighted by molar-refractivity contribution is 5.77. The van der Waals surface area contributed by atoms with Crippen LogP contribution in [-0.2, 0) is 17.5 Å². The number of halogens is 4. The Kier molecular flexibility index (Phi) is 4.43. The van der Waals surface area contributed by atoms with Crippen LogP contribution in [0.3, 0.4) is 0 Å². The van der Waals surface area contributed by atoms with E-state index in [9.17, 15) is 22.4 Å². The van der Waals surface area contributed by atoms with Crippen molar-refractivity contribution >= 4 is 5.97 Å². The first-order valence-corrected chi connectivity index (χ1v) is 5.76. The van der Waals surface area contributed by atoms with Gasteiger partial charge in [0, 0.05) is 6.54 Å². The van der Waals surface area contributed by atoms with E-state index in [1.807, 2.05) is 0 Å². The topological polar surface area (TPSA) is 40.5 Å². The van der Waals surface area contributed by atoms with Gasteiger partial charge in [0.2, 0.25) is 0 Å². The van der Waals surface area contributed by atoms with Gasteiger partial charge in [-0.1, -0.05) is 6.07 Å². The Morgan fingerprint density at radius 3 is 2.30 bits per heavy atom. The molecule has 0 saturated carbocycles. The Bertz CT molecular complexity index is 512. The molecule has 0 unspecified atom stereocenters. The standard InChI is InChI=1S/C13H15F4NO2/c1-12(2,11(19)20)18(3)7-8-4-5-10(14)9(6-8)13(15,16)17/h4-6H,7H2,1-3H3,(H,19,20). The van der Waals surface area contributed by atoms with Crippen LogP contribution in [0.4, 0.5) is 17.6 Å². The summed E-state index contributed by atoms with van der Waals surface area (Å²) in [5, 5.41) is 9.04. The van der Waals surface area contributed by atoms with Crippen LogP contribution in [-0.4, -0.2) is 28.6 Å². The molecule has 0 saturated heterocycles. The van der Waals surface area contributed by atoms with Crippen molar-refractivity contribution in [2.24, 2.45) is 0 Å². The zero-order chi connectivity index (χ0) is 15.7. The average molecular weight is 293 g/mol. The second-order valence-corrected chi connectivity index (χ2v) is 5.03. The number of hydrogen-bond donors (Lipinski definition) is 1. The minimum absolute atomic E-state index is 0.0390. The van der Waals surface area contributed by atoms with Crippen molar-refractivity contribution in [3.63, 3.8) is 0 Å². The maximum atomic E-state index is 13.1. The molecule has 0 spiro atoms. The predicted octanol–water partition coefficient (Wildman–Crippen LogP) is 3.14. The number of hydrogen-bond acceptors (Lipinski definition) is 2. The number of carboxylic acid groups (broad SMARTS) is 1. The number of benzene rings is 1. The monoisotopic (exact) mass is 293 g/mol. The zero-order valence-corrected chi connectivity index (χ0v) is 11.3. The van der Waals surface area contributed by atoms with Gasteiger partial charge in [0.1, 0.15) is 11.4 Å². The van der Waals surface area contributed by atoms with Crippen molar-refractivity contribution in [2.75, 3.05) is 7.05 Å². The molecule has 0 atom stereocenters. The third-order valence-corrected chi connectivity index (χ3v) is 3.23. The molecular formula is C13H15F4NO2. The van der Waals surface area contributed by atoms with Crippen LogP contribution in [0.2, 0.25) is 0 Å². The molecular weight excluding hydrogens is 278 g/mol. The summed E-state index contributed by atoms with van der Waals surface area (Å²) < 4.78 is 50.9. The Morgan fingerprint density at radius 1 is 1.30 bits per heavy atom. The lowest BCUT2D eigenvalue weighted by Gasteiger charge is -2.31. The first-order chi connectivity index (χ1) is 8.96. The molecule has 7 heteroatoms. The fourth-order valence-corrected chi connectivity index (χ4v) is 1.52. The lowest BCUT2D eigenvalue weighted by molar-refractivity contribution is -0.149. The smallest absolute Gasteiger partial charge is 0.419 e. The number of carboxylic acids is 1. The molecule has 0 radical (unpaired) electrons. The van der Waals surface area contributed by atoms with Crippen molar-refractivity contribution < 1.29 is 27.5 Å². The van der Waals surface area contributed by atoms with Crippen LogP contribution in [0, 0.1) is 5.82 Å². The highest BCUT2D eigenvalue weighted by Crippen LogP contribution is 2.32. The van der Waals surface area contributed by atoms with Gasteiger partial charge >= 0.3 is 12.1 Å². The quantitative estimate of drug-likeness (QED) is 0.867. The van der Waals surface area contributed by atoms with Crippen molar-refractivity contribution in [1.29, 1.82) is 0 Å². The molecule has 1 N–H and O–H groups in total. The molecule has 0 amide bonds. The largest absolute Gasteiger partial charge is 0.480 e. The summed E-state index contributed by atoms with van der Waals surface area (Å²) in [5.41, 5.74) is -2.40. The normalized spacial score (nSPS) is 12.8. The van der Waals surface area contributed by atoms with E-state index in [2.05, 4.69) is 0 Å². The minimum Gasteiger partial charge on any atom is -0.480 e. The predicted molar refractivity (Wildman–Crippen MR) is 64.6 cm³/mol. The number of carbonyl (C=O) groups is 1. The van der Waals surface area contributed by atoms with E-state index in [1.165, 1.54) is 31.9 Å². The van der Waals surface area contributed by atoms with E-state index in [0.29, 0.717) is 6.07 Å². The van der Waals surface area contributed by atoms with E-state index in [-0.39, 0.29) is 12.1 Å². The van der Waals surface area contributed by atoms with Gasteiger partial charge in [0.15, 0.2) is 0 Å². The molecule has 0 heterocycles. The molecule has 0 aliphatic rings. The fourth-order valence-electron chi connectivity index (χ4n) is 1.52. The fraction of sp³-hybridized carbons (Fsp3) is 0.462. The van der Waals surface area contributed by atoms with Gasteiger partial charge in [-0.3, -0.25) is 9.69 Å². The average Bonchev–Trinajstić information content (AvgIpc) is 2.29. The highest BCUT2D eigenvalue weighted by Gasteiger charge is 2.35. The lowest BCUT2D eigenvalue weighted by atomic mass is 10.0. The van der Waals surface area contributed by atoms with Crippen LogP contribution in [0.15, 0.2) is 18.2 Å². The molecule has 0 fully saturated rings. The molecule has 1 aromatic rings. The highest BCUT2D eigenvalue weighted by atomic mass is 19.4. The number of nitrogens with zero attached hydrogens (tertiary/aromatic N) is 1. The zero-order valence-electron chi connectivity index (χ0n) is 11.3. The van der Waals surface area contributed by atoms with Gasteiger partial charge in [-0.2, -0.15) is 13.2 Å². The maximum Gasteiger partial charge on any atom is 0.419 e. The van der Waals surface area contributed by atoms with Crippen molar-refractivity contribution in [3.05, 3.63) is 35.1 Å². The Balaban J connectivity index is 3.03. The molecule has 0 aliphatic heterocycles. The molecule has 0 aliphatic carbocycles. The van der Waals surface area contributed by atoms with E-state index in [4.69, 9.17) is 5.11 Å². The van der Waals surface area contributed by atoms with Gasteiger partial charge in [-0.05, 0) is 38.6 Å². The van der Waals surface area contributed by atoms with Crippen LogP contribution in [0.25, 0.3) is 0 Å². The molecule has 1 rings (SSSR count). The third-order valence-electron chi connectivity index (χ3n) is 3.23. The summed E-state index contributed by atoms with van der Waals surface area (Å²) in [6.07, 6.45) is -4.78. The van der Waals surface area contributed by atoms with E-state index in [1.54, 1.807) is 0 Å². The Morgan fingerprint density at radius 2 is 1.85 bits per heavy atom. The van der Waals surface area contributed by atoms with E-state index >= 15 is 0 Å². The molecule has 0 aromatic heterocycles. The first-order valence-electron chi connectivity index (χ1n) is 5.76.